The van der Waals surface area contributed by atoms with Crippen LogP contribution in [0.15, 0.2) is 0 Å². The first-order chi connectivity index (χ1) is 16.0. The molecule has 0 spiro atoms. The molecule has 0 radical (unpaired) electrons. The topological polar surface area (TPSA) is 128 Å². The van der Waals surface area contributed by atoms with E-state index in [9.17, 15) is 19.2 Å². The van der Waals surface area contributed by atoms with E-state index in [4.69, 9.17) is 0 Å². The molecule has 2 saturated heterocycles. The van der Waals surface area contributed by atoms with E-state index in [2.05, 4.69) is 26.6 Å². The lowest BCUT2D eigenvalue weighted by Crippen LogP contribution is -2.36. The van der Waals surface area contributed by atoms with E-state index in [1.54, 1.807) is 7.05 Å². The number of fused-ring (bicyclic) bond motifs is 1. The Labute approximate surface area is 201 Å². The molecular weight excluding hydrogens is 442 g/mol. The number of unbranched alkanes of at least 4 members (excludes halogenated alkanes) is 5. The molecule has 0 saturated carbocycles. The molecule has 0 bridgehead atoms. The monoisotopic (exact) mass is 483 g/mol. The average Bonchev–Trinajstić information content (AvgIpc) is 3.35. The van der Waals surface area contributed by atoms with E-state index in [-0.39, 0.29) is 35.8 Å². The maximum atomic E-state index is 12.0. The third kappa shape index (κ3) is 11.1. The molecule has 0 aromatic rings. The number of amides is 5. The number of rotatable bonds is 17. The van der Waals surface area contributed by atoms with Crippen LogP contribution >= 0.6 is 11.8 Å². The van der Waals surface area contributed by atoms with Gasteiger partial charge in [0.25, 0.3) is 0 Å². The molecule has 0 aliphatic carbocycles. The zero-order chi connectivity index (χ0) is 23.9. The van der Waals surface area contributed by atoms with Crippen molar-refractivity contribution in [1.82, 2.24) is 26.6 Å². The third-order valence-corrected chi connectivity index (χ3v) is 7.67. The van der Waals surface area contributed by atoms with E-state index < -0.39 is 0 Å². The summed E-state index contributed by atoms with van der Waals surface area (Å²) in [5.41, 5.74) is 0. The van der Waals surface area contributed by atoms with Crippen LogP contribution in [0.1, 0.15) is 77.0 Å². The molecule has 0 aromatic carbocycles. The first-order valence-corrected chi connectivity index (χ1v) is 13.5. The number of urea groups is 1. The normalized spacial score (nSPS) is 21.1. The second-order valence-electron chi connectivity index (χ2n) is 8.86. The Kier molecular flexibility index (Phi) is 13.1. The van der Waals surface area contributed by atoms with E-state index in [1.165, 1.54) is 0 Å². The van der Waals surface area contributed by atoms with Gasteiger partial charge in [-0.3, -0.25) is 14.4 Å². The molecule has 2 aliphatic heterocycles. The maximum Gasteiger partial charge on any atom is 0.315 e. The van der Waals surface area contributed by atoms with Crippen molar-refractivity contribution in [2.75, 3.05) is 25.9 Å². The summed E-state index contributed by atoms with van der Waals surface area (Å²) in [7, 11) is 1.64. The first-order valence-electron chi connectivity index (χ1n) is 12.4. The van der Waals surface area contributed by atoms with Crippen molar-refractivity contribution in [2.24, 2.45) is 0 Å². The minimum absolute atomic E-state index is 0.0544. The summed E-state index contributed by atoms with van der Waals surface area (Å²) in [6, 6.07) is 0.438. The van der Waals surface area contributed by atoms with Crippen LogP contribution in [0.4, 0.5) is 4.79 Å². The number of carbonyl (C=O) groups excluding carboxylic acids is 4. The van der Waals surface area contributed by atoms with Crippen LogP contribution in [0, 0.1) is 0 Å². The lowest BCUT2D eigenvalue weighted by Gasteiger charge is -2.16. The molecule has 188 valence electrons. The van der Waals surface area contributed by atoms with Crippen LogP contribution < -0.4 is 26.6 Å². The molecule has 33 heavy (non-hydrogen) atoms. The van der Waals surface area contributed by atoms with Gasteiger partial charge in [0.2, 0.25) is 17.7 Å². The second-order valence-corrected chi connectivity index (χ2v) is 10.1. The Bertz CT molecular complexity index is 648. The molecule has 5 N–H and O–H groups in total. The molecule has 3 unspecified atom stereocenters. The SMILES string of the molecule is CNC(=O)CCCCCNC(=O)CCCCCNC(=O)CCCCC1SCC2NC(=O)NC21. The van der Waals surface area contributed by atoms with Crippen LogP contribution in [0.5, 0.6) is 0 Å². The molecule has 10 heteroatoms. The molecule has 0 aromatic heterocycles. The van der Waals surface area contributed by atoms with Crippen LogP contribution in [0.3, 0.4) is 0 Å². The number of hydrogen-bond donors (Lipinski definition) is 5. The number of hydrogen-bond acceptors (Lipinski definition) is 5. The van der Waals surface area contributed by atoms with Crippen LogP contribution in [-0.4, -0.2) is 67.0 Å². The largest absolute Gasteiger partial charge is 0.359 e. The van der Waals surface area contributed by atoms with Crippen molar-refractivity contribution in [3.05, 3.63) is 0 Å². The highest BCUT2D eigenvalue weighted by Crippen LogP contribution is 2.33. The fourth-order valence-electron chi connectivity index (χ4n) is 4.21. The zero-order valence-corrected chi connectivity index (χ0v) is 20.7. The first kappa shape index (κ1) is 27.3. The van der Waals surface area contributed by atoms with Crippen molar-refractivity contribution >= 4 is 35.5 Å². The highest BCUT2D eigenvalue weighted by atomic mass is 32.2. The van der Waals surface area contributed by atoms with Crippen molar-refractivity contribution in [3.8, 4) is 0 Å². The number of nitrogens with one attached hydrogen (secondary N) is 5. The predicted molar refractivity (Wildman–Crippen MR) is 131 cm³/mol. The fraction of sp³-hybridized carbons (Fsp3) is 0.826. The summed E-state index contributed by atoms with van der Waals surface area (Å²) in [6.07, 6.45) is 9.79. The summed E-state index contributed by atoms with van der Waals surface area (Å²) in [6.45, 7) is 1.32. The molecule has 3 atom stereocenters. The molecule has 9 nitrogen and oxygen atoms in total. The van der Waals surface area contributed by atoms with Gasteiger partial charge in [0.1, 0.15) is 0 Å². The Balaban J connectivity index is 1.34. The maximum absolute atomic E-state index is 12.0. The predicted octanol–water partition coefficient (Wildman–Crippen LogP) is 1.81. The zero-order valence-electron chi connectivity index (χ0n) is 19.9. The van der Waals surface area contributed by atoms with Gasteiger partial charge in [-0.15, -0.1) is 0 Å². The smallest absolute Gasteiger partial charge is 0.315 e. The van der Waals surface area contributed by atoms with Gasteiger partial charge >= 0.3 is 6.03 Å². The average molecular weight is 484 g/mol. The van der Waals surface area contributed by atoms with E-state index >= 15 is 0 Å². The van der Waals surface area contributed by atoms with E-state index in [0.29, 0.717) is 37.6 Å². The summed E-state index contributed by atoms with van der Waals surface area (Å²) in [5, 5.41) is 14.9. The Morgan fingerprint density at radius 2 is 1.39 bits per heavy atom. The number of thioether (sulfide) groups is 1. The quantitative estimate of drug-likeness (QED) is 0.159. The van der Waals surface area contributed by atoms with Crippen molar-refractivity contribution in [1.29, 1.82) is 0 Å². The van der Waals surface area contributed by atoms with Crippen molar-refractivity contribution in [3.63, 3.8) is 0 Å². The molecule has 5 amide bonds. The van der Waals surface area contributed by atoms with Gasteiger partial charge in [0.15, 0.2) is 0 Å². The summed E-state index contributed by atoms with van der Waals surface area (Å²) in [4.78, 5) is 46.3. The fourth-order valence-corrected chi connectivity index (χ4v) is 5.75. The van der Waals surface area contributed by atoms with E-state index in [0.717, 1.165) is 63.5 Å². The summed E-state index contributed by atoms with van der Waals surface area (Å²) in [5.74, 6) is 1.20. The molecule has 2 fully saturated rings. The van der Waals surface area contributed by atoms with Gasteiger partial charge in [0.05, 0.1) is 12.1 Å². The van der Waals surface area contributed by atoms with E-state index in [1.807, 2.05) is 11.8 Å². The molecule has 2 heterocycles. The summed E-state index contributed by atoms with van der Waals surface area (Å²) >= 11 is 1.91. The highest BCUT2D eigenvalue weighted by Gasteiger charge is 2.42. The standard InChI is InChI=1S/C23H41N5O4S/c1-24-19(29)11-4-2-8-14-25-20(30)12-5-3-9-15-26-21(31)13-7-6-10-18-22-17(16-33-18)27-23(32)28-22/h17-18,22H,2-16H2,1H3,(H,24,29)(H,25,30)(H,26,31)(H2,27,28,32). The number of carbonyl (C=O) groups is 4. The van der Waals surface area contributed by atoms with Crippen LogP contribution in [0.2, 0.25) is 0 Å². The van der Waals surface area contributed by atoms with Crippen LogP contribution in [-0.2, 0) is 14.4 Å². The highest BCUT2D eigenvalue weighted by molar-refractivity contribution is 8.00. The Morgan fingerprint density at radius 3 is 2.00 bits per heavy atom. The van der Waals surface area contributed by atoms with Crippen molar-refractivity contribution in [2.45, 2.75) is 94.4 Å². The lowest BCUT2D eigenvalue weighted by molar-refractivity contribution is -0.122. The minimum Gasteiger partial charge on any atom is -0.359 e. The minimum atomic E-state index is -0.0544. The summed E-state index contributed by atoms with van der Waals surface area (Å²) < 4.78 is 0. The van der Waals surface area contributed by atoms with Crippen molar-refractivity contribution < 1.29 is 19.2 Å². The molecule has 2 rings (SSSR count). The lowest BCUT2D eigenvalue weighted by atomic mass is 10.0. The van der Waals surface area contributed by atoms with Gasteiger partial charge in [0, 0.05) is 50.4 Å². The van der Waals surface area contributed by atoms with Gasteiger partial charge in [-0.05, 0) is 38.5 Å². The van der Waals surface area contributed by atoms with Crippen LogP contribution in [0.25, 0.3) is 0 Å². The second kappa shape index (κ2) is 15.8. The van der Waals surface area contributed by atoms with Gasteiger partial charge < -0.3 is 26.6 Å². The molecular formula is C23H41N5O4S. The Hall–Kier alpha value is -1.97. The van der Waals surface area contributed by atoms with Gasteiger partial charge in [-0.1, -0.05) is 19.3 Å². The Morgan fingerprint density at radius 1 is 0.818 bits per heavy atom. The van der Waals surface area contributed by atoms with Gasteiger partial charge in [-0.2, -0.15) is 11.8 Å². The molecule has 2 aliphatic rings. The third-order valence-electron chi connectivity index (χ3n) is 6.17. The van der Waals surface area contributed by atoms with Gasteiger partial charge in [-0.25, -0.2) is 4.79 Å².